The molecule has 4 heterocycles. The maximum Gasteiger partial charge on any atom is 0.226 e. The molecule has 6 nitrogen and oxygen atoms in total. The van der Waals surface area contributed by atoms with Gasteiger partial charge in [-0.25, -0.2) is 9.97 Å². The highest BCUT2D eigenvalue weighted by Gasteiger charge is 2.41. The van der Waals surface area contributed by atoms with Crippen molar-refractivity contribution in [1.29, 1.82) is 5.26 Å². The van der Waals surface area contributed by atoms with Gasteiger partial charge in [-0.15, -0.1) is 0 Å². The summed E-state index contributed by atoms with van der Waals surface area (Å²) in [6, 6.07) is 11.3. The molecule has 5 rings (SSSR count). The third-order valence-corrected chi connectivity index (χ3v) is 6.83. The Morgan fingerprint density at radius 2 is 1.81 bits per heavy atom. The third-order valence-electron chi connectivity index (χ3n) is 6.83. The van der Waals surface area contributed by atoms with Gasteiger partial charge in [0.2, 0.25) is 5.95 Å². The van der Waals surface area contributed by atoms with Crippen LogP contribution in [0.1, 0.15) is 48.2 Å². The van der Waals surface area contributed by atoms with Gasteiger partial charge in [0.05, 0.1) is 11.6 Å². The Morgan fingerprint density at radius 1 is 1.06 bits per heavy atom. The van der Waals surface area contributed by atoms with E-state index in [1.54, 1.807) is 0 Å². The van der Waals surface area contributed by atoms with Gasteiger partial charge in [0.1, 0.15) is 0 Å². The van der Waals surface area contributed by atoms with Crippen LogP contribution in [0.15, 0.2) is 30.5 Å². The van der Waals surface area contributed by atoms with Crippen molar-refractivity contribution in [1.82, 2.24) is 19.9 Å². The molecule has 2 bridgehead atoms. The lowest BCUT2D eigenvalue weighted by atomic mass is 10.0. The van der Waals surface area contributed by atoms with Crippen molar-refractivity contribution in [3.05, 3.63) is 53.0 Å². The summed E-state index contributed by atoms with van der Waals surface area (Å²) in [5.74, 6) is 0.931. The lowest BCUT2D eigenvalue weighted by Crippen LogP contribution is -2.54. The molecule has 2 atom stereocenters. The predicted octanol–water partition coefficient (Wildman–Crippen LogP) is 4.12. The average Bonchev–Trinajstić information content (AvgIpc) is 3.28. The number of hydrogen-bond acceptors (Lipinski definition) is 5. The number of unbranched alkanes of at least 4 members (excludes halogenated alkanes) is 1. The first-order valence-corrected chi connectivity index (χ1v) is 11.4. The van der Waals surface area contributed by atoms with Gasteiger partial charge in [-0.1, -0.05) is 0 Å². The van der Waals surface area contributed by atoms with E-state index in [2.05, 4.69) is 47.0 Å². The van der Waals surface area contributed by atoms with E-state index in [0.717, 1.165) is 54.5 Å². The molecule has 0 spiro atoms. The Morgan fingerprint density at radius 3 is 2.52 bits per heavy atom. The number of benzene rings is 1. The van der Waals surface area contributed by atoms with E-state index in [9.17, 15) is 5.26 Å². The Hall–Kier alpha value is -2.91. The number of H-pyrrole nitrogens is 1. The molecule has 0 saturated carbocycles. The molecule has 2 aromatic heterocycles. The minimum atomic E-state index is 0.540. The molecule has 1 aromatic carbocycles. The van der Waals surface area contributed by atoms with Gasteiger partial charge in [-0.2, -0.15) is 5.26 Å². The molecule has 31 heavy (non-hydrogen) atoms. The zero-order chi connectivity index (χ0) is 21.4. The molecule has 0 radical (unpaired) electrons. The third kappa shape index (κ3) is 4.03. The summed E-state index contributed by atoms with van der Waals surface area (Å²) in [6.07, 6.45) is 8.01. The Labute approximate surface area is 183 Å². The second-order valence-corrected chi connectivity index (χ2v) is 9.15. The van der Waals surface area contributed by atoms with Crippen molar-refractivity contribution in [2.24, 2.45) is 0 Å². The van der Waals surface area contributed by atoms with Crippen LogP contribution in [-0.2, 0) is 6.42 Å². The molecule has 2 aliphatic rings. The van der Waals surface area contributed by atoms with E-state index in [4.69, 9.17) is 9.97 Å². The van der Waals surface area contributed by atoms with Gasteiger partial charge < -0.3 is 9.88 Å². The molecule has 2 aliphatic heterocycles. The quantitative estimate of drug-likeness (QED) is 0.614. The largest absolute Gasteiger partial charge is 0.361 e. The van der Waals surface area contributed by atoms with Crippen LogP contribution >= 0.6 is 0 Å². The fraction of sp³-hybridized carbons (Fsp3) is 0.480. The number of hydrogen-bond donors (Lipinski definition) is 1. The highest BCUT2D eigenvalue weighted by Crippen LogP contribution is 2.33. The normalized spacial score (nSPS) is 21.0. The van der Waals surface area contributed by atoms with Crippen LogP contribution in [0, 0.1) is 25.2 Å². The second-order valence-electron chi connectivity index (χ2n) is 9.15. The molecule has 0 aliphatic carbocycles. The van der Waals surface area contributed by atoms with E-state index in [0.29, 0.717) is 12.1 Å². The first-order chi connectivity index (χ1) is 15.1. The van der Waals surface area contributed by atoms with Gasteiger partial charge in [-0.05, 0) is 82.3 Å². The number of aromatic amines is 1. The van der Waals surface area contributed by atoms with E-state index >= 15 is 0 Å². The van der Waals surface area contributed by atoms with Crippen molar-refractivity contribution in [2.75, 3.05) is 24.5 Å². The lowest BCUT2D eigenvalue weighted by molar-refractivity contribution is 0.214. The van der Waals surface area contributed by atoms with Gasteiger partial charge in [-0.3, -0.25) is 4.90 Å². The Bertz CT molecular complexity index is 1090. The molecule has 0 amide bonds. The molecular weight excluding hydrogens is 384 g/mol. The fourth-order valence-electron chi connectivity index (χ4n) is 5.43. The molecule has 2 unspecified atom stereocenters. The molecule has 2 fully saturated rings. The summed E-state index contributed by atoms with van der Waals surface area (Å²) < 4.78 is 0. The molecule has 6 heteroatoms. The van der Waals surface area contributed by atoms with Crippen LogP contribution in [-0.4, -0.2) is 51.6 Å². The predicted molar refractivity (Wildman–Crippen MR) is 123 cm³/mol. The number of likely N-dealkylation sites (tertiary alicyclic amines) is 1. The van der Waals surface area contributed by atoms with E-state index in [1.165, 1.54) is 36.6 Å². The molecule has 1 N–H and O–H groups in total. The number of nitrogens with one attached hydrogen (secondary N) is 1. The van der Waals surface area contributed by atoms with Crippen molar-refractivity contribution < 1.29 is 0 Å². The van der Waals surface area contributed by atoms with E-state index < -0.39 is 0 Å². The zero-order valence-corrected chi connectivity index (χ0v) is 18.4. The maximum atomic E-state index is 9.17. The van der Waals surface area contributed by atoms with Crippen molar-refractivity contribution in [3.8, 4) is 6.07 Å². The van der Waals surface area contributed by atoms with Crippen LogP contribution in [0.3, 0.4) is 0 Å². The Kier molecular flexibility index (Phi) is 5.37. The standard InChI is InChI=1S/C25H30N6/c1-17-11-18(2)29-25(28-17)31-21-7-8-22(31)16-30(15-21)10-4-3-5-20-14-27-24-9-6-19(13-26)12-23(20)24/h6,9,11-12,14,21-22,27H,3-5,7-8,10,15-16H2,1-2H3. The minimum Gasteiger partial charge on any atom is -0.361 e. The maximum absolute atomic E-state index is 9.17. The van der Waals surface area contributed by atoms with Crippen LogP contribution in [0.2, 0.25) is 0 Å². The number of piperazine rings is 1. The number of aromatic nitrogens is 3. The number of nitriles is 1. The highest BCUT2D eigenvalue weighted by atomic mass is 15.4. The van der Waals surface area contributed by atoms with E-state index in [1.807, 2.05) is 18.2 Å². The fourth-order valence-corrected chi connectivity index (χ4v) is 5.43. The van der Waals surface area contributed by atoms with Crippen LogP contribution in [0.25, 0.3) is 10.9 Å². The van der Waals surface area contributed by atoms with Gasteiger partial charge in [0.25, 0.3) is 0 Å². The zero-order valence-electron chi connectivity index (χ0n) is 18.4. The average molecular weight is 415 g/mol. The minimum absolute atomic E-state index is 0.540. The molecule has 2 saturated heterocycles. The van der Waals surface area contributed by atoms with Crippen LogP contribution < -0.4 is 4.90 Å². The first-order valence-electron chi connectivity index (χ1n) is 11.4. The highest BCUT2D eigenvalue weighted by molar-refractivity contribution is 5.84. The van der Waals surface area contributed by atoms with E-state index in [-0.39, 0.29) is 0 Å². The van der Waals surface area contributed by atoms with Crippen LogP contribution in [0.4, 0.5) is 5.95 Å². The molecule has 3 aromatic rings. The number of fused-ring (bicyclic) bond motifs is 3. The smallest absolute Gasteiger partial charge is 0.226 e. The van der Waals surface area contributed by atoms with Crippen molar-refractivity contribution >= 4 is 16.9 Å². The summed E-state index contributed by atoms with van der Waals surface area (Å²) in [4.78, 5) is 18.0. The van der Waals surface area contributed by atoms with Crippen molar-refractivity contribution in [2.45, 2.75) is 58.0 Å². The Balaban J connectivity index is 1.16. The SMILES string of the molecule is Cc1cc(C)nc(N2C3CCC2CN(CCCCc2c[nH]c4ccc(C#N)cc24)C3)n1. The molecular formula is C25H30N6. The topological polar surface area (TPSA) is 71.8 Å². The summed E-state index contributed by atoms with van der Waals surface area (Å²) in [5.41, 5.74) is 5.29. The summed E-state index contributed by atoms with van der Waals surface area (Å²) in [7, 11) is 0. The summed E-state index contributed by atoms with van der Waals surface area (Å²) >= 11 is 0. The number of rotatable bonds is 6. The van der Waals surface area contributed by atoms with Crippen molar-refractivity contribution in [3.63, 3.8) is 0 Å². The summed E-state index contributed by atoms with van der Waals surface area (Å²) in [6.45, 7) is 7.51. The number of aryl methyl sites for hydroxylation is 3. The van der Waals surface area contributed by atoms with Gasteiger partial charge >= 0.3 is 0 Å². The molecule has 160 valence electrons. The summed E-state index contributed by atoms with van der Waals surface area (Å²) in [5, 5.41) is 10.4. The van der Waals surface area contributed by atoms with Gasteiger partial charge in [0.15, 0.2) is 0 Å². The first kappa shape index (κ1) is 20.0. The van der Waals surface area contributed by atoms with Crippen LogP contribution in [0.5, 0.6) is 0 Å². The van der Waals surface area contributed by atoms with Gasteiger partial charge in [0, 0.05) is 53.7 Å². The second kappa shape index (κ2) is 8.32. The number of nitrogens with zero attached hydrogens (tertiary/aromatic N) is 5. The monoisotopic (exact) mass is 414 g/mol. The number of anilines is 1. The lowest BCUT2D eigenvalue weighted by Gasteiger charge is -2.41.